The summed E-state index contributed by atoms with van der Waals surface area (Å²) in [6.07, 6.45) is 0.383. The van der Waals surface area contributed by atoms with E-state index in [1.165, 1.54) is 12.1 Å². The molecule has 0 aliphatic carbocycles. The number of aliphatic hydroxyl groups excluding tert-OH is 1. The number of hydrogen-bond acceptors (Lipinski definition) is 5. The molecule has 1 heterocycles. The van der Waals surface area contributed by atoms with E-state index in [4.69, 9.17) is 14.6 Å². The van der Waals surface area contributed by atoms with Gasteiger partial charge >= 0.3 is 0 Å². The second-order valence-electron chi connectivity index (χ2n) is 8.90. The Kier molecular flexibility index (Phi) is 9.21. The summed E-state index contributed by atoms with van der Waals surface area (Å²) in [5, 5.41) is 15.4. The molecule has 6 nitrogen and oxygen atoms in total. The number of halogens is 1. The third kappa shape index (κ3) is 6.88. The number of nitrogens with zero attached hydrogens (tertiary/aromatic N) is 3. The molecule has 0 bridgehead atoms. The molecule has 0 unspecified atom stereocenters. The summed E-state index contributed by atoms with van der Waals surface area (Å²) in [6.45, 7) is 11.4. The van der Waals surface area contributed by atoms with Crippen LogP contribution >= 0.6 is 0 Å². The third-order valence-electron chi connectivity index (χ3n) is 5.81. The van der Waals surface area contributed by atoms with Gasteiger partial charge in [0.25, 0.3) is 0 Å². The van der Waals surface area contributed by atoms with Crippen LogP contribution in [0.15, 0.2) is 54.6 Å². The van der Waals surface area contributed by atoms with Crippen molar-refractivity contribution in [1.29, 1.82) is 0 Å². The molecule has 0 aliphatic heterocycles. The number of ether oxygens (including phenoxy) is 2. The van der Waals surface area contributed by atoms with E-state index < -0.39 is 6.10 Å². The molecule has 2 aromatic carbocycles. The summed E-state index contributed by atoms with van der Waals surface area (Å²) in [4.78, 5) is 2.23. The quantitative estimate of drug-likeness (QED) is 0.380. The van der Waals surface area contributed by atoms with Crippen molar-refractivity contribution in [3.63, 3.8) is 0 Å². The van der Waals surface area contributed by atoms with Crippen LogP contribution in [-0.4, -0.2) is 51.2 Å². The maximum atomic E-state index is 13.5. The average molecular weight is 470 g/mol. The Hall–Kier alpha value is -2.74. The number of aromatic nitrogens is 2. The first kappa shape index (κ1) is 25.9. The van der Waals surface area contributed by atoms with Gasteiger partial charge in [-0.15, -0.1) is 0 Å². The lowest BCUT2D eigenvalue weighted by Gasteiger charge is -2.30. The number of rotatable bonds is 12. The normalized spacial score (nSPS) is 13.4. The Bertz CT molecular complexity index is 1020. The van der Waals surface area contributed by atoms with Crippen molar-refractivity contribution in [2.75, 3.05) is 13.2 Å². The first-order valence-electron chi connectivity index (χ1n) is 11.9. The van der Waals surface area contributed by atoms with Gasteiger partial charge < -0.3 is 14.6 Å². The fraction of sp³-hybridized carbons (Fsp3) is 0.444. The van der Waals surface area contributed by atoms with E-state index in [0.29, 0.717) is 24.7 Å². The van der Waals surface area contributed by atoms with Crippen molar-refractivity contribution in [1.82, 2.24) is 14.7 Å². The van der Waals surface area contributed by atoms with Crippen LogP contribution in [0.1, 0.15) is 45.4 Å². The van der Waals surface area contributed by atoms with E-state index in [1.807, 2.05) is 51.1 Å². The fourth-order valence-corrected chi connectivity index (χ4v) is 3.67. The molecule has 184 valence electrons. The SMILES string of the molecule is CC[C@@H](C)N(Cc1c(C)nn(-c2ccccc2)c1Oc1ccc(F)cc1)C[C@@H](O)COC(C)C. The Morgan fingerprint density at radius 2 is 1.74 bits per heavy atom. The number of aryl methyl sites for hydroxylation is 1. The van der Waals surface area contributed by atoms with Crippen molar-refractivity contribution in [2.24, 2.45) is 0 Å². The molecule has 34 heavy (non-hydrogen) atoms. The predicted molar refractivity (Wildman–Crippen MR) is 132 cm³/mol. The van der Waals surface area contributed by atoms with Crippen molar-refractivity contribution >= 4 is 0 Å². The second-order valence-corrected chi connectivity index (χ2v) is 8.90. The van der Waals surface area contributed by atoms with Gasteiger partial charge in [-0.25, -0.2) is 9.07 Å². The molecule has 3 rings (SSSR count). The average Bonchev–Trinajstić information content (AvgIpc) is 3.13. The van der Waals surface area contributed by atoms with Crippen LogP contribution in [-0.2, 0) is 11.3 Å². The molecule has 0 aliphatic rings. The molecule has 7 heteroatoms. The molecule has 0 amide bonds. The molecule has 0 saturated carbocycles. The van der Waals surface area contributed by atoms with Crippen molar-refractivity contribution < 1.29 is 19.0 Å². The van der Waals surface area contributed by atoms with E-state index in [0.717, 1.165) is 23.4 Å². The minimum absolute atomic E-state index is 0.0637. The lowest BCUT2D eigenvalue weighted by Crippen LogP contribution is -2.40. The highest BCUT2D eigenvalue weighted by Gasteiger charge is 2.25. The van der Waals surface area contributed by atoms with Crippen LogP contribution < -0.4 is 4.74 Å². The predicted octanol–water partition coefficient (Wildman–Crippen LogP) is 5.50. The third-order valence-corrected chi connectivity index (χ3v) is 5.81. The Balaban J connectivity index is 1.95. The van der Waals surface area contributed by atoms with Crippen LogP contribution in [0.5, 0.6) is 11.6 Å². The smallest absolute Gasteiger partial charge is 0.227 e. The van der Waals surface area contributed by atoms with E-state index in [2.05, 4.69) is 18.7 Å². The van der Waals surface area contributed by atoms with Gasteiger partial charge in [0.1, 0.15) is 11.6 Å². The molecular formula is C27H36FN3O3. The summed E-state index contributed by atoms with van der Waals surface area (Å²) in [5.74, 6) is 0.789. The van der Waals surface area contributed by atoms with Crippen molar-refractivity contribution in [3.8, 4) is 17.3 Å². The summed E-state index contributed by atoms with van der Waals surface area (Å²) in [7, 11) is 0. The second kappa shape index (κ2) is 12.1. The van der Waals surface area contributed by atoms with Crippen LogP contribution in [0.4, 0.5) is 4.39 Å². The highest BCUT2D eigenvalue weighted by Crippen LogP contribution is 2.32. The van der Waals surface area contributed by atoms with Crippen LogP contribution in [0, 0.1) is 12.7 Å². The van der Waals surface area contributed by atoms with Crippen LogP contribution in [0.25, 0.3) is 5.69 Å². The molecule has 1 N–H and O–H groups in total. The molecule has 2 atom stereocenters. The highest BCUT2D eigenvalue weighted by molar-refractivity contribution is 5.43. The molecule has 1 aromatic heterocycles. The van der Waals surface area contributed by atoms with Gasteiger partial charge in [-0.1, -0.05) is 25.1 Å². The van der Waals surface area contributed by atoms with Crippen LogP contribution in [0.3, 0.4) is 0 Å². The summed E-state index contributed by atoms with van der Waals surface area (Å²) < 4.78 is 27.2. The lowest BCUT2D eigenvalue weighted by atomic mass is 10.1. The van der Waals surface area contributed by atoms with E-state index in [1.54, 1.807) is 16.8 Å². The van der Waals surface area contributed by atoms with Crippen LogP contribution in [0.2, 0.25) is 0 Å². The number of aliphatic hydroxyl groups is 1. The topological polar surface area (TPSA) is 59.8 Å². The standard InChI is InChI=1S/C27H36FN3O3/c1-6-20(4)30(16-24(32)18-33-19(2)3)17-26-21(5)29-31(23-10-8-7-9-11-23)27(26)34-25-14-12-22(28)13-15-25/h7-15,19-20,24,32H,6,16-18H2,1-5H3/t20-,24-/m1/s1. The van der Waals surface area contributed by atoms with Gasteiger partial charge in [-0.2, -0.15) is 5.10 Å². The van der Waals surface area contributed by atoms with Gasteiger partial charge in [0.05, 0.1) is 35.8 Å². The minimum Gasteiger partial charge on any atom is -0.439 e. The largest absolute Gasteiger partial charge is 0.439 e. The highest BCUT2D eigenvalue weighted by atomic mass is 19.1. The van der Waals surface area contributed by atoms with Crippen molar-refractivity contribution in [3.05, 3.63) is 71.7 Å². The molecule has 0 spiro atoms. The molecule has 0 radical (unpaired) electrons. The first-order chi connectivity index (χ1) is 16.3. The number of para-hydroxylation sites is 1. The molecular weight excluding hydrogens is 433 g/mol. The Morgan fingerprint density at radius 3 is 2.35 bits per heavy atom. The molecule has 0 fully saturated rings. The monoisotopic (exact) mass is 469 g/mol. The van der Waals surface area contributed by atoms with Crippen molar-refractivity contribution in [2.45, 2.75) is 65.8 Å². The van der Waals surface area contributed by atoms with E-state index in [9.17, 15) is 9.50 Å². The lowest BCUT2D eigenvalue weighted by molar-refractivity contribution is -0.0150. The molecule has 0 saturated heterocycles. The summed E-state index contributed by atoms with van der Waals surface area (Å²) in [6, 6.07) is 16.0. The van der Waals surface area contributed by atoms with Gasteiger partial charge in [0.2, 0.25) is 5.88 Å². The van der Waals surface area contributed by atoms with Gasteiger partial charge in [0.15, 0.2) is 0 Å². The number of hydrogen-bond donors (Lipinski definition) is 1. The minimum atomic E-state index is -0.609. The van der Waals surface area contributed by atoms with Gasteiger partial charge in [-0.3, -0.25) is 4.90 Å². The zero-order chi connectivity index (χ0) is 24.7. The number of benzene rings is 2. The summed E-state index contributed by atoms with van der Waals surface area (Å²) in [5.41, 5.74) is 2.63. The van der Waals surface area contributed by atoms with E-state index in [-0.39, 0.29) is 24.6 Å². The fourth-order valence-electron chi connectivity index (χ4n) is 3.67. The van der Waals surface area contributed by atoms with Gasteiger partial charge in [-0.05, 0) is 70.5 Å². The Morgan fingerprint density at radius 1 is 1.06 bits per heavy atom. The maximum absolute atomic E-state index is 13.5. The first-order valence-corrected chi connectivity index (χ1v) is 11.9. The zero-order valence-corrected chi connectivity index (χ0v) is 20.7. The zero-order valence-electron chi connectivity index (χ0n) is 20.7. The Labute approximate surface area is 201 Å². The van der Waals surface area contributed by atoms with E-state index >= 15 is 0 Å². The maximum Gasteiger partial charge on any atom is 0.227 e. The summed E-state index contributed by atoms with van der Waals surface area (Å²) >= 11 is 0. The molecule has 3 aromatic rings. The van der Waals surface area contributed by atoms with Gasteiger partial charge in [0, 0.05) is 19.1 Å².